The first kappa shape index (κ1) is 22.7. The summed E-state index contributed by atoms with van der Waals surface area (Å²) < 4.78 is 6.02. The molecule has 0 saturated heterocycles. The van der Waals surface area contributed by atoms with Crippen LogP contribution >= 0.6 is 0 Å². The van der Waals surface area contributed by atoms with Gasteiger partial charge >= 0.3 is 5.97 Å². The SMILES string of the molecule is CC(=O)CCC(=O)NCc1c(O)ccc2c(-c3ccccc3C(=O)O)c3ccc(=O)cc-3oc12. The minimum atomic E-state index is -1.12. The Morgan fingerprint density at radius 1 is 0.971 bits per heavy atom. The Hall–Kier alpha value is -4.46. The Morgan fingerprint density at radius 3 is 2.47 bits per heavy atom. The van der Waals surface area contributed by atoms with Crippen LogP contribution in [0.25, 0.3) is 33.4 Å². The lowest BCUT2D eigenvalue weighted by Crippen LogP contribution is -2.23. The van der Waals surface area contributed by atoms with Gasteiger partial charge in [0.15, 0.2) is 5.43 Å². The maximum Gasteiger partial charge on any atom is 0.336 e. The maximum atomic E-state index is 12.2. The number of carboxylic acid groups (broad SMARTS) is 1. The van der Waals surface area contributed by atoms with E-state index >= 15 is 0 Å². The molecule has 34 heavy (non-hydrogen) atoms. The van der Waals surface area contributed by atoms with Gasteiger partial charge in [0.1, 0.15) is 22.9 Å². The van der Waals surface area contributed by atoms with Crippen molar-refractivity contribution in [2.45, 2.75) is 26.3 Å². The van der Waals surface area contributed by atoms with Gasteiger partial charge in [0, 0.05) is 35.4 Å². The van der Waals surface area contributed by atoms with E-state index in [-0.39, 0.29) is 64.7 Å². The Morgan fingerprint density at radius 2 is 1.74 bits per heavy atom. The smallest absolute Gasteiger partial charge is 0.336 e. The van der Waals surface area contributed by atoms with Crippen LogP contribution in [-0.2, 0) is 16.1 Å². The number of carbonyl (C=O) groups excluding carboxylic acids is 2. The minimum Gasteiger partial charge on any atom is -0.507 e. The molecule has 0 atom stereocenters. The predicted octanol–water partition coefficient (Wildman–Crippen LogP) is 3.95. The number of aromatic carboxylic acids is 1. The zero-order chi connectivity index (χ0) is 24.4. The first-order valence-corrected chi connectivity index (χ1v) is 10.6. The highest BCUT2D eigenvalue weighted by atomic mass is 16.4. The molecule has 1 amide bonds. The largest absolute Gasteiger partial charge is 0.507 e. The number of Topliss-reactive ketones (excluding diaryl/α,β-unsaturated/α-hetero) is 1. The fourth-order valence-electron chi connectivity index (χ4n) is 3.89. The van der Waals surface area contributed by atoms with Crippen molar-refractivity contribution in [2.75, 3.05) is 0 Å². The summed E-state index contributed by atoms with van der Waals surface area (Å²) in [5, 5.41) is 23.5. The normalized spacial score (nSPS) is 11.0. The molecule has 2 aromatic rings. The quantitative estimate of drug-likeness (QED) is 0.356. The van der Waals surface area contributed by atoms with Crippen molar-refractivity contribution in [3.63, 3.8) is 0 Å². The van der Waals surface area contributed by atoms with Gasteiger partial charge in [-0.05, 0) is 42.8 Å². The van der Waals surface area contributed by atoms with Crippen LogP contribution < -0.4 is 10.7 Å². The zero-order valence-corrected chi connectivity index (χ0v) is 18.3. The van der Waals surface area contributed by atoms with Gasteiger partial charge in [0.2, 0.25) is 5.91 Å². The fourth-order valence-corrected chi connectivity index (χ4v) is 3.89. The molecule has 8 heteroatoms. The lowest BCUT2D eigenvalue weighted by molar-refractivity contribution is -0.124. The lowest BCUT2D eigenvalue weighted by Gasteiger charge is -2.18. The molecule has 3 N–H and O–H groups in total. The first-order valence-electron chi connectivity index (χ1n) is 10.6. The molecule has 0 spiro atoms. The average Bonchev–Trinajstić information content (AvgIpc) is 2.80. The molecule has 0 aromatic heterocycles. The van der Waals surface area contributed by atoms with Gasteiger partial charge in [-0.3, -0.25) is 9.59 Å². The van der Waals surface area contributed by atoms with Crippen molar-refractivity contribution < 1.29 is 29.0 Å². The molecule has 172 valence electrons. The van der Waals surface area contributed by atoms with Gasteiger partial charge in [-0.1, -0.05) is 18.2 Å². The summed E-state index contributed by atoms with van der Waals surface area (Å²) in [7, 11) is 0. The van der Waals surface area contributed by atoms with E-state index < -0.39 is 5.97 Å². The van der Waals surface area contributed by atoms with Crippen LogP contribution in [0, 0.1) is 0 Å². The molecule has 1 aliphatic heterocycles. The number of hydrogen-bond donors (Lipinski definition) is 3. The monoisotopic (exact) mass is 459 g/mol. The molecule has 0 bridgehead atoms. The van der Waals surface area contributed by atoms with Crippen LogP contribution in [0.2, 0.25) is 0 Å². The number of hydrogen-bond acceptors (Lipinski definition) is 6. The summed E-state index contributed by atoms with van der Waals surface area (Å²) in [5.41, 5.74) is 1.71. The number of aromatic hydroxyl groups is 1. The van der Waals surface area contributed by atoms with Crippen LogP contribution in [0.15, 0.2) is 63.8 Å². The second-order valence-electron chi connectivity index (χ2n) is 7.90. The number of amides is 1. The second-order valence-corrected chi connectivity index (χ2v) is 7.90. The third-order valence-corrected chi connectivity index (χ3v) is 5.53. The zero-order valence-electron chi connectivity index (χ0n) is 18.3. The summed E-state index contributed by atoms with van der Waals surface area (Å²) in [4.78, 5) is 47.3. The van der Waals surface area contributed by atoms with Crippen molar-refractivity contribution in [2.24, 2.45) is 0 Å². The number of rotatable bonds is 7. The Balaban J connectivity index is 1.95. The van der Waals surface area contributed by atoms with Crippen LogP contribution in [-0.4, -0.2) is 27.9 Å². The van der Waals surface area contributed by atoms with E-state index in [0.717, 1.165) is 0 Å². The predicted molar refractivity (Wildman–Crippen MR) is 125 cm³/mol. The third kappa shape index (κ3) is 4.38. The Labute approximate surface area is 193 Å². The van der Waals surface area contributed by atoms with E-state index in [1.165, 1.54) is 31.2 Å². The molecule has 0 saturated carbocycles. The van der Waals surface area contributed by atoms with E-state index in [4.69, 9.17) is 4.42 Å². The second kappa shape index (κ2) is 9.19. The highest BCUT2D eigenvalue weighted by molar-refractivity contribution is 6.08. The molecule has 0 unspecified atom stereocenters. The van der Waals surface area contributed by atoms with Crippen LogP contribution in [0.1, 0.15) is 35.7 Å². The first-order chi connectivity index (χ1) is 16.3. The van der Waals surface area contributed by atoms with Crippen LogP contribution in [0.4, 0.5) is 0 Å². The number of nitrogens with one attached hydrogen (secondary N) is 1. The summed E-state index contributed by atoms with van der Waals surface area (Å²) in [6, 6.07) is 13.8. The summed E-state index contributed by atoms with van der Waals surface area (Å²) in [6.45, 7) is 1.31. The molecule has 0 fully saturated rings. The van der Waals surface area contributed by atoms with E-state index in [1.807, 2.05) is 0 Å². The van der Waals surface area contributed by atoms with E-state index in [1.54, 1.807) is 30.3 Å². The summed E-state index contributed by atoms with van der Waals surface area (Å²) in [5.74, 6) is -1.52. The van der Waals surface area contributed by atoms with E-state index in [2.05, 4.69) is 5.32 Å². The molecular weight excluding hydrogens is 438 g/mol. The summed E-state index contributed by atoms with van der Waals surface area (Å²) in [6.07, 6.45) is 0.114. The van der Waals surface area contributed by atoms with Crippen molar-refractivity contribution in [1.29, 1.82) is 0 Å². The van der Waals surface area contributed by atoms with Gasteiger partial charge in [-0.2, -0.15) is 0 Å². The van der Waals surface area contributed by atoms with Gasteiger partial charge in [-0.25, -0.2) is 4.79 Å². The van der Waals surface area contributed by atoms with Crippen molar-refractivity contribution >= 4 is 28.6 Å². The van der Waals surface area contributed by atoms with Crippen molar-refractivity contribution in [3.05, 3.63) is 75.9 Å². The topological polar surface area (TPSA) is 134 Å². The Kier molecular flexibility index (Phi) is 6.14. The number of phenolic OH excluding ortho intramolecular Hbond substituents is 1. The van der Waals surface area contributed by atoms with Crippen molar-refractivity contribution in [3.8, 4) is 28.2 Å². The third-order valence-electron chi connectivity index (χ3n) is 5.53. The van der Waals surface area contributed by atoms with Crippen molar-refractivity contribution in [1.82, 2.24) is 5.32 Å². The highest BCUT2D eigenvalue weighted by Gasteiger charge is 2.23. The van der Waals surface area contributed by atoms with Crippen LogP contribution in [0.5, 0.6) is 5.75 Å². The number of carbonyl (C=O) groups is 3. The number of benzene rings is 3. The van der Waals surface area contributed by atoms with Crippen LogP contribution in [0.3, 0.4) is 0 Å². The minimum absolute atomic E-state index is 0.0116. The molecule has 8 nitrogen and oxygen atoms in total. The standard InChI is InChI=1S/C26H21NO7/c1-14(28)6-11-23(31)27-13-20-21(30)10-9-19-24(16-4-2-3-5-17(16)26(32)33)18-8-7-15(29)12-22(18)34-25(19)20/h2-5,7-10,12,30H,6,11,13H2,1H3,(H,27,31)(H,32,33). The molecule has 4 rings (SSSR count). The maximum absolute atomic E-state index is 12.2. The molecule has 2 aliphatic rings. The highest BCUT2D eigenvalue weighted by Crippen LogP contribution is 2.43. The van der Waals surface area contributed by atoms with Gasteiger partial charge in [0.05, 0.1) is 17.7 Å². The molecule has 1 heterocycles. The lowest BCUT2D eigenvalue weighted by atomic mass is 9.90. The number of phenols is 1. The number of carboxylic acids is 1. The molecule has 1 aliphatic carbocycles. The molecule has 0 radical (unpaired) electrons. The molecular formula is C26H21NO7. The fraction of sp³-hybridized carbons (Fsp3) is 0.154. The Bertz CT molecular complexity index is 1470. The van der Waals surface area contributed by atoms with E-state index in [0.29, 0.717) is 22.1 Å². The molecule has 2 aromatic carbocycles. The van der Waals surface area contributed by atoms with Gasteiger partial charge in [-0.15, -0.1) is 0 Å². The number of fused-ring (bicyclic) bond motifs is 2. The number of ketones is 1. The summed E-state index contributed by atoms with van der Waals surface area (Å²) >= 11 is 0. The van der Waals surface area contributed by atoms with E-state index in [9.17, 15) is 29.4 Å². The average molecular weight is 459 g/mol. The van der Waals surface area contributed by atoms with Gasteiger partial charge < -0.3 is 24.7 Å². The van der Waals surface area contributed by atoms with Gasteiger partial charge in [0.25, 0.3) is 0 Å².